The van der Waals surface area contributed by atoms with Crippen molar-refractivity contribution in [3.63, 3.8) is 0 Å². The highest BCUT2D eigenvalue weighted by Crippen LogP contribution is 2.42. The largest absolute Gasteiger partial charge is 0.368 e. The summed E-state index contributed by atoms with van der Waals surface area (Å²) in [5, 5.41) is 1.19. The van der Waals surface area contributed by atoms with Crippen LogP contribution in [0.25, 0.3) is 0 Å². The third kappa shape index (κ3) is 2.80. The number of hydrogen-bond donors (Lipinski definition) is 0. The Balaban J connectivity index is 1.82. The van der Waals surface area contributed by atoms with Crippen molar-refractivity contribution in [2.45, 2.75) is 24.3 Å². The third-order valence-electron chi connectivity index (χ3n) is 3.61. The van der Waals surface area contributed by atoms with Crippen LogP contribution in [0, 0.1) is 0 Å². The first-order valence-electron chi connectivity index (χ1n) is 6.65. The van der Waals surface area contributed by atoms with Crippen LogP contribution >= 0.6 is 35.0 Å². The van der Waals surface area contributed by atoms with Gasteiger partial charge in [-0.2, -0.15) is 0 Å². The fraction of sp³-hybridized carbons (Fsp3) is 0.500. The molecule has 2 aliphatic rings. The molecule has 0 radical (unpaired) electrons. The van der Waals surface area contributed by atoms with E-state index in [2.05, 4.69) is 0 Å². The van der Waals surface area contributed by atoms with Crippen LogP contribution < -0.4 is 0 Å². The SMILES string of the molecule is O=C(C1CCCO1)N1CCSC1c1ccc(Cl)cc1Cl. The number of carbonyl (C=O) groups is 1. The van der Waals surface area contributed by atoms with E-state index in [1.165, 1.54) is 0 Å². The zero-order valence-corrected chi connectivity index (χ0v) is 13.2. The lowest BCUT2D eigenvalue weighted by atomic mass is 10.1. The van der Waals surface area contributed by atoms with Crippen LogP contribution in [0.15, 0.2) is 18.2 Å². The van der Waals surface area contributed by atoms with Gasteiger partial charge < -0.3 is 9.64 Å². The van der Waals surface area contributed by atoms with Crippen molar-refractivity contribution >= 4 is 40.9 Å². The number of halogens is 2. The maximum absolute atomic E-state index is 12.5. The van der Waals surface area contributed by atoms with E-state index < -0.39 is 0 Å². The number of carbonyl (C=O) groups excluding carboxylic acids is 1. The average molecular weight is 332 g/mol. The van der Waals surface area contributed by atoms with Crippen LogP contribution in [-0.4, -0.2) is 35.8 Å². The lowest BCUT2D eigenvalue weighted by Gasteiger charge is -2.27. The Morgan fingerprint density at radius 2 is 2.25 bits per heavy atom. The summed E-state index contributed by atoms with van der Waals surface area (Å²) < 4.78 is 5.51. The van der Waals surface area contributed by atoms with Gasteiger partial charge in [-0.15, -0.1) is 11.8 Å². The molecule has 0 aromatic heterocycles. The fourth-order valence-electron chi connectivity index (χ4n) is 2.61. The maximum atomic E-state index is 12.5. The molecule has 2 unspecified atom stereocenters. The molecule has 2 saturated heterocycles. The summed E-state index contributed by atoms with van der Waals surface area (Å²) in [5.74, 6) is 1.01. The Hall–Kier alpha value is -0.420. The molecule has 6 heteroatoms. The van der Waals surface area contributed by atoms with Crippen molar-refractivity contribution in [3.05, 3.63) is 33.8 Å². The van der Waals surface area contributed by atoms with Crippen molar-refractivity contribution < 1.29 is 9.53 Å². The molecule has 2 atom stereocenters. The van der Waals surface area contributed by atoms with Crippen molar-refractivity contribution in [2.24, 2.45) is 0 Å². The molecule has 0 saturated carbocycles. The molecule has 2 heterocycles. The highest BCUT2D eigenvalue weighted by Gasteiger charge is 2.36. The summed E-state index contributed by atoms with van der Waals surface area (Å²) in [6, 6.07) is 5.45. The third-order valence-corrected chi connectivity index (χ3v) is 5.41. The topological polar surface area (TPSA) is 29.5 Å². The molecule has 2 fully saturated rings. The van der Waals surface area contributed by atoms with Crippen LogP contribution in [0.5, 0.6) is 0 Å². The number of rotatable bonds is 2. The molecule has 0 N–H and O–H groups in total. The minimum absolute atomic E-state index is 0.0310. The van der Waals surface area contributed by atoms with Gasteiger partial charge in [0.05, 0.1) is 0 Å². The summed E-state index contributed by atoms with van der Waals surface area (Å²) in [6.45, 7) is 1.43. The van der Waals surface area contributed by atoms with Gasteiger partial charge in [0.25, 0.3) is 5.91 Å². The highest BCUT2D eigenvalue weighted by atomic mass is 35.5. The highest BCUT2D eigenvalue weighted by molar-refractivity contribution is 7.99. The Bertz CT molecular complexity index is 520. The van der Waals surface area contributed by atoms with Crippen LogP contribution in [0.3, 0.4) is 0 Å². The minimum Gasteiger partial charge on any atom is -0.368 e. The van der Waals surface area contributed by atoms with Gasteiger partial charge in [-0.25, -0.2) is 0 Å². The van der Waals surface area contributed by atoms with Crippen LogP contribution in [-0.2, 0) is 9.53 Å². The molecule has 0 spiro atoms. The van der Waals surface area contributed by atoms with Crippen molar-refractivity contribution in [1.82, 2.24) is 4.90 Å². The van der Waals surface area contributed by atoms with Crippen LogP contribution in [0.2, 0.25) is 10.0 Å². The Morgan fingerprint density at radius 3 is 2.95 bits per heavy atom. The number of nitrogens with zero attached hydrogens (tertiary/aromatic N) is 1. The second-order valence-corrected chi connectivity index (χ2v) is 6.95. The van der Waals surface area contributed by atoms with E-state index in [-0.39, 0.29) is 17.4 Å². The molecular formula is C14H15Cl2NO2S. The molecule has 108 valence electrons. The summed E-state index contributed by atoms with van der Waals surface area (Å²) in [5.41, 5.74) is 0.949. The Labute approximate surface area is 132 Å². The Morgan fingerprint density at radius 1 is 1.40 bits per heavy atom. The van der Waals surface area contributed by atoms with Gasteiger partial charge in [0.1, 0.15) is 11.5 Å². The lowest BCUT2D eigenvalue weighted by molar-refractivity contribution is -0.141. The normalized spacial score (nSPS) is 26.2. The number of amides is 1. The molecule has 1 aromatic carbocycles. The van der Waals surface area contributed by atoms with Gasteiger partial charge in [0.15, 0.2) is 0 Å². The Kier molecular flexibility index (Phi) is 4.46. The second-order valence-electron chi connectivity index (χ2n) is 4.92. The van der Waals surface area contributed by atoms with E-state index in [0.717, 1.165) is 30.7 Å². The van der Waals surface area contributed by atoms with Crippen molar-refractivity contribution in [1.29, 1.82) is 0 Å². The number of thioether (sulfide) groups is 1. The molecule has 2 aliphatic heterocycles. The van der Waals surface area contributed by atoms with Crippen molar-refractivity contribution in [2.75, 3.05) is 18.9 Å². The van der Waals surface area contributed by atoms with E-state index in [0.29, 0.717) is 16.7 Å². The molecule has 1 aromatic rings. The number of benzene rings is 1. The van der Waals surface area contributed by atoms with E-state index in [4.69, 9.17) is 27.9 Å². The van der Waals surface area contributed by atoms with Gasteiger partial charge in [0, 0.05) is 34.5 Å². The number of hydrogen-bond acceptors (Lipinski definition) is 3. The van der Waals surface area contributed by atoms with E-state index >= 15 is 0 Å². The van der Waals surface area contributed by atoms with Crippen LogP contribution in [0.4, 0.5) is 0 Å². The first-order valence-corrected chi connectivity index (χ1v) is 8.46. The monoisotopic (exact) mass is 331 g/mol. The van der Waals surface area contributed by atoms with E-state index in [1.54, 1.807) is 17.8 Å². The smallest absolute Gasteiger partial charge is 0.252 e. The quantitative estimate of drug-likeness (QED) is 0.826. The van der Waals surface area contributed by atoms with Crippen LogP contribution in [0.1, 0.15) is 23.8 Å². The second kappa shape index (κ2) is 6.14. The number of ether oxygens (including phenoxy) is 1. The summed E-state index contributed by atoms with van der Waals surface area (Å²) in [7, 11) is 0. The standard InChI is InChI=1S/C14H15Cl2NO2S/c15-9-3-4-10(11(16)8-9)14-17(5-7-20-14)13(18)12-2-1-6-19-12/h3-4,8,12,14H,1-2,5-7H2. The molecular weight excluding hydrogens is 317 g/mol. The maximum Gasteiger partial charge on any atom is 0.252 e. The molecule has 3 nitrogen and oxygen atoms in total. The first-order chi connectivity index (χ1) is 9.66. The zero-order chi connectivity index (χ0) is 14.1. The van der Waals surface area contributed by atoms with Gasteiger partial charge >= 0.3 is 0 Å². The zero-order valence-electron chi connectivity index (χ0n) is 10.9. The first kappa shape index (κ1) is 14.5. The molecule has 0 bridgehead atoms. The lowest BCUT2D eigenvalue weighted by Crippen LogP contribution is -2.38. The molecule has 0 aliphatic carbocycles. The van der Waals surface area contributed by atoms with Gasteiger partial charge in [-0.1, -0.05) is 29.3 Å². The van der Waals surface area contributed by atoms with Gasteiger partial charge in [0.2, 0.25) is 0 Å². The fourth-order valence-corrected chi connectivity index (χ4v) is 4.49. The summed E-state index contributed by atoms with van der Waals surface area (Å²) in [6.07, 6.45) is 1.51. The van der Waals surface area contributed by atoms with E-state index in [9.17, 15) is 4.79 Å². The molecule has 20 heavy (non-hydrogen) atoms. The average Bonchev–Trinajstić information content (AvgIpc) is 3.09. The van der Waals surface area contributed by atoms with Crippen molar-refractivity contribution in [3.8, 4) is 0 Å². The summed E-state index contributed by atoms with van der Waals surface area (Å²) in [4.78, 5) is 14.4. The molecule has 3 rings (SSSR count). The van der Waals surface area contributed by atoms with Gasteiger partial charge in [-0.3, -0.25) is 4.79 Å². The van der Waals surface area contributed by atoms with E-state index in [1.807, 2.05) is 17.0 Å². The summed E-state index contributed by atoms with van der Waals surface area (Å²) >= 11 is 13.9. The minimum atomic E-state index is -0.276. The predicted molar refractivity (Wildman–Crippen MR) is 82.3 cm³/mol. The van der Waals surface area contributed by atoms with Gasteiger partial charge in [-0.05, 0) is 25.0 Å². The predicted octanol–water partition coefficient (Wildman–Crippen LogP) is 3.75. The molecule has 1 amide bonds.